The molecule has 1 aliphatic carbocycles. The summed E-state index contributed by atoms with van der Waals surface area (Å²) in [6, 6.07) is 8.29. The van der Waals surface area contributed by atoms with Crippen molar-refractivity contribution in [3.8, 4) is 5.88 Å². The summed E-state index contributed by atoms with van der Waals surface area (Å²) in [6.07, 6.45) is 7.06. The maximum Gasteiger partial charge on any atom is 0.213 e. The van der Waals surface area contributed by atoms with Crippen molar-refractivity contribution in [3.63, 3.8) is 0 Å². The third-order valence-corrected chi connectivity index (χ3v) is 5.78. The number of pyridine rings is 1. The molecule has 1 unspecified atom stereocenters. The largest absolute Gasteiger partial charge is 0.474 e. The topological polar surface area (TPSA) is 58.5 Å². The Bertz CT molecular complexity index is 685. The molecule has 2 N–H and O–H groups in total. The Balaban J connectivity index is 0.00000261. The molecule has 0 spiro atoms. The van der Waals surface area contributed by atoms with Gasteiger partial charge in [0, 0.05) is 43.2 Å². The highest BCUT2D eigenvalue weighted by Crippen LogP contribution is 2.23. The van der Waals surface area contributed by atoms with Crippen LogP contribution in [0.3, 0.4) is 0 Å². The van der Waals surface area contributed by atoms with Crippen molar-refractivity contribution in [2.24, 2.45) is 4.99 Å². The second-order valence-corrected chi connectivity index (χ2v) is 7.73. The molecule has 2 aromatic rings. The lowest BCUT2D eigenvalue weighted by atomic mass is 10.1. The number of hydrogen-bond acceptors (Lipinski definition) is 4. The normalized spacial score (nSPS) is 15.9. The van der Waals surface area contributed by atoms with Gasteiger partial charge >= 0.3 is 0 Å². The first-order chi connectivity index (χ1) is 12.7. The molecule has 0 aromatic carbocycles. The van der Waals surface area contributed by atoms with E-state index in [0.717, 1.165) is 36.8 Å². The van der Waals surface area contributed by atoms with E-state index in [1.54, 1.807) is 18.4 Å². The van der Waals surface area contributed by atoms with E-state index in [1.807, 2.05) is 12.3 Å². The van der Waals surface area contributed by atoms with Crippen molar-refractivity contribution < 1.29 is 4.74 Å². The predicted molar refractivity (Wildman–Crippen MR) is 123 cm³/mol. The first-order valence-corrected chi connectivity index (χ1v) is 10.2. The van der Waals surface area contributed by atoms with Gasteiger partial charge in [-0.25, -0.2) is 4.98 Å². The third kappa shape index (κ3) is 6.95. The van der Waals surface area contributed by atoms with Gasteiger partial charge in [0.05, 0.1) is 0 Å². The lowest BCUT2D eigenvalue weighted by Gasteiger charge is -2.15. The Morgan fingerprint density at radius 3 is 2.74 bits per heavy atom. The highest BCUT2D eigenvalue weighted by Gasteiger charge is 2.16. The van der Waals surface area contributed by atoms with Crippen molar-refractivity contribution in [1.82, 2.24) is 15.6 Å². The molecule has 1 fully saturated rings. The highest BCUT2D eigenvalue weighted by molar-refractivity contribution is 14.0. The summed E-state index contributed by atoms with van der Waals surface area (Å²) in [6.45, 7) is 3.76. The average Bonchev–Trinajstić information content (AvgIpc) is 3.37. The van der Waals surface area contributed by atoms with Crippen molar-refractivity contribution in [1.29, 1.82) is 0 Å². The number of halogens is 1. The van der Waals surface area contributed by atoms with E-state index in [-0.39, 0.29) is 24.0 Å². The maximum atomic E-state index is 5.91. The van der Waals surface area contributed by atoms with E-state index >= 15 is 0 Å². The van der Waals surface area contributed by atoms with Crippen LogP contribution < -0.4 is 15.4 Å². The monoisotopic (exact) mass is 500 g/mol. The summed E-state index contributed by atoms with van der Waals surface area (Å²) < 4.78 is 5.91. The molecule has 2 aromatic heterocycles. The van der Waals surface area contributed by atoms with E-state index < -0.39 is 0 Å². The summed E-state index contributed by atoms with van der Waals surface area (Å²) in [5.41, 5.74) is 1.11. The van der Waals surface area contributed by atoms with E-state index in [2.05, 4.69) is 51.1 Å². The molecular weight excluding hydrogens is 471 g/mol. The average molecular weight is 500 g/mol. The van der Waals surface area contributed by atoms with Gasteiger partial charge in [-0.15, -0.1) is 35.3 Å². The molecular formula is C20H29IN4OS. The molecule has 1 atom stereocenters. The smallest absolute Gasteiger partial charge is 0.213 e. The van der Waals surface area contributed by atoms with Gasteiger partial charge in [-0.05, 0) is 42.7 Å². The molecule has 1 saturated carbocycles. The lowest BCUT2D eigenvalue weighted by Crippen LogP contribution is -2.38. The van der Waals surface area contributed by atoms with E-state index in [9.17, 15) is 0 Å². The van der Waals surface area contributed by atoms with E-state index in [0.29, 0.717) is 18.6 Å². The fraction of sp³-hybridized carbons (Fsp3) is 0.500. The van der Waals surface area contributed by atoms with E-state index in [1.165, 1.54) is 17.7 Å². The third-order valence-electron chi connectivity index (χ3n) is 4.68. The number of aromatic nitrogens is 1. The van der Waals surface area contributed by atoms with Gasteiger partial charge in [0.25, 0.3) is 0 Å². The molecule has 0 aliphatic heterocycles. The second kappa shape index (κ2) is 11.5. The van der Waals surface area contributed by atoms with Crippen LogP contribution in [0.4, 0.5) is 0 Å². The van der Waals surface area contributed by atoms with Gasteiger partial charge in [-0.2, -0.15) is 0 Å². The number of aliphatic imine (C=N–C) groups is 1. The summed E-state index contributed by atoms with van der Waals surface area (Å²) >= 11 is 1.79. The van der Waals surface area contributed by atoms with Crippen molar-refractivity contribution in [2.45, 2.75) is 51.2 Å². The molecule has 3 rings (SSSR count). The molecule has 5 nitrogen and oxygen atoms in total. The first kappa shape index (κ1) is 21.9. The molecule has 0 bridgehead atoms. The zero-order valence-electron chi connectivity index (χ0n) is 16.0. The van der Waals surface area contributed by atoms with Crippen LogP contribution in [0.25, 0.3) is 0 Å². The number of nitrogens with one attached hydrogen (secondary N) is 2. The van der Waals surface area contributed by atoms with Gasteiger partial charge in [-0.1, -0.05) is 19.1 Å². The Morgan fingerprint density at radius 2 is 2.11 bits per heavy atom. The summed E-state index contributed by atoms with van der Waals surface area (Å²) in [5, 5.41) is 8.85. The van der Waals surface area contributed by atoms with E-state index in [4.69, 9.17) is 4.74 Å². The van der Waals surface area contributed by atoms with Crippen LogP contribution >= 0.6 is 35.3 Å². The SMILES string of the molecule is CN=C(NCc1ccc(OC2CCCC2)nc1)NCC(C)c1cccs1.I. The molecule has 1 aliphatic rings. The zero-order valence-corrected chi connectivity index (χ0v) is 19.1. The van der Waals surface area contributed by atoms with Crippen LogP contribution in [-0.4, -0.2) is 30.6 Å². The Labute approximate surface area is 183 Å². The van der Waals surface area contributed by atoms with Crippen LogP contribution in [0.5, 0.6) is 5.88 Å². The van der Waals surface area contributed by atoms with Crippen LogP contribution in [0.2, 0.25) is 0 Å². The maximum absolute atomic E-state index is 5.91. The molecule has 7 heteroatoms. The minimum absolute atomic E-state index is 0. The van der Waals surface area contributed by atoms with Gasteiger partial charge < -0.3 is 15.4 Å². The Morgan fingerprint density at radius 1 is 1.30 bits per heavy atom. The second-order valence-electron chi connectivity index (χ2n) is 6.75. The minimum atomic E-state index is 0. The van der Waals surface area contributed by atoms with Gasteiger partial charge in [-0.3, -0.25) is 4.99 Å². The van der Waals surface area contributed by atoms with Crippen LogP contribution in [0.1, 0.15) is 49.0 Å². The summed E-state index contributed by atoms with van der Waals surface area (Å²) in [4.78, 5) is 10.1. The molecule has 0 amide bonds. The number of hydrogen-bond donors (Lipinski definition) is 2. The van der Waals surface area contributed by atoms with Crippen molar-refractivity contribution in [3.05, 3.63) is 46.3 Å². The molecule has 0 radical (unpaired) electrons. The quantitative estimate of drug-likeness (QED) is 0.333. The number of thiophene rings is 1. The zero-order chi connectivity index (χ0) is 18.2. The Kier molecular flexibility index (Phi) is 9.33. The van der Waals surface area contributed by atoms with Gasteiger partial charge in [0.2, 0.25) is 5.88 Å². The Hall–Kier alpha value is -1.35. The first-order valence-electron chi connectivity index (χ1n) is 9.34. The highest BCUT2D eigenvalue weighted by atomic mass is 127. The summed E-state index contributed by atoms with van der Waals surface area (Å²) in [5.74, 6) is 2.00. The fourth-order valence-corrected chi connectivity index (χ4v) is 3.88. The predicted octanol–water partition coefficient (Wildman–Crippen LogP) is 4.55. The number of guanidine groups is 1. The van der Waals surface area contributed by atoms with Crippen LogP contribution in [-0.2, 0) is 6.54 Å². The summed E-state index contributed by atoms with van der Waals surface area (Å²) in [7, 11) is 1.79. The molecule has 0 saturated heterocycles. The van der Waals surface area contributed by atoms with Crippen LogP contribution in [0.15, 0.2) is 40.8 Å². The number of rotatable bonds is 7. The molecule has 148 valence electrons. The lowest BCUT2D eigenvalue weighted by molar-refractivity contribution is 0.201. The number of nitrogens with zero attached hydrogens (tertiary/aromatic N) is 2. The minimum Gasteiger partial charge on any atom is -0.474 e. The number of ether oxygens (including phenoxy) is 1. The molecule has 27 heavy (non-hydrogen) atoms. The fourth-order valence-electron chi connectivity index (χ4n) is 3.09. The van der Waals surface area contributed by atoms with Crippen molar-refractivity contribution >= 4 is 41.3 Å². The van der Waals surface area contributed by atoms with Crippen molar-refractivity contribution in [2.75, 3.05) is 13.6 Å². The molecule has 2 heterocycles. The standard InChI is InChI=1S/C20H28N4OS.HI/c1-15(18-8-5-11-26-18)12-23-20(21-2)24-14-16-9-10-19(22-13-16)25-17-6-3-4-7-17;/h5,8-11,13,15,17H,3-4,6-7,12,14H2,1-2H3,(H2,21,23,24);1H. The van der Waals surface area contributed by atoms with Gasteiger partial charge in [0.1, 0.15) is 6.10 Å². The van der Waals surface area contributed by atoms with Gasteiger partial charge in [0.15, 0.2) is 5.96 Å². The van der Waals surface area contributed by atoms with Crippen LogP contribution in [0, 0.1) is 0 Å².